The van der Waals surface area contributed by atoms with E-state index >= 15 is 0 Å². The van der Waals surface area contributed by atoms with Crippen molar-refractivity contribution in [2.24, 2.45) is 5.92 Å². The average molecular weight is 295 g/mol. The molecule has 1 aliphatic rings. The van der Waals surface area contributed by atoms with Crippen LogP contribution < -0.4 is 10.6 Å². The summed E-state index contributed by atoms with van der Waals surface area (Å²) < 4.78 is 0. The molecule has 3 nitrogen and oxygen atoms in total. The van der Waals surface area contributed by atoms with Crippen molar-refractivity contribution < 1.29 is 4.79 Å². The number of halogens is 1. The van der Waals surface area contributed by atoms with E-state index in [0.29, 0.717) is 23.2 Å². The molecule has 1 aromatic carbocycles. The van der Waals surface area contributed by atoms with Crippen molar-refractivity contribution in [2.45, 2.75) is 38.6 Å². The second-order valence-corrected chi connectivity index (χ2v) is 6.12. The summed E-state index contributed by atoms with van der Waals surface area (Å²) in [6, 6.07) is 7.57. The van der Waals surface area contributed by atoms with Crippen LogP contribution in [0.2, 0.25) is 5.02 Å². The highest BCUT2D eigenvalue weighted by Crippen LogP contribution is 2.23. The maximum Gasteiger partial charge on any atom is 0.251 e. The molecule has 4 heteroatoms. The Morgan fingerprint density at radius 1 is 1.25 bits per heavy atom. The molecule has 0 radical (unpaired) electrons. The quantitative estimate of drug-likeness (QED) is 0.819. The molecule has 0 bridgehead atoms. The number of carbonyl (C=O) groups excluding carboxylic acids is 1. The fourth-order valence-electron chi connectivity index (χ4n) is 2.78. The molecule has 2 rings (SSSR count). The molecular formula is C16H23ClN2O. The Hall–Kier alpha value is -1.06. The van der Waals surface area contributed by atoms with Gasteiger partial charge in [0.25, 0.3) is 5.91 Å². The molecule has 2 N–H and O–H groups in total. The molecular weight excluding hydrogens is 272 g/mol. The normalized spacial score (nSPS) is 22.5. The number of amides is 1. The van der Waals surface area contributed by atoms with Gasteiger partial charge in [-0.3, -0.25) is 4.79 Å². The van der Waals surface area contributed by atoms with E-state index in [1.165, 1.54) is 25.7 Å². The van der Waals surface area contributed by atoms with Gasteiger partial charge in [-0.2, -0.15) is 0 Å². The highest BCUT2D eigenvalue weighted by atomic mass is 35.5. The van der Waals surface area contributed by atoms with Crippen molar-refractivity contribution in [3.05, 3.63) is 34.9 Å². The monoisotopic (exact) mass is 294 g/mol. The molecule has 0 spiro atoms. The Balaban J connectivity index is 1.65. The molecule has 0 saturated heterocycles. The molecule has 0 aromatic heterocycles. The molecule has 2 atom stereocenters. The van der Waals surface area contributed by atoms with Crippen LogP contribution in [0.25, 0.3) is 0 Å². The fourth-order valence-corrected chi connectivity index (χ4v) is 2.90. The van der Waals surface area contributed by atoms with E-state index in [2.05, 4.69) is 17.6 Å². The lowest BCUT2D eigenvalue weighted by Gasteiger charge is -2.27. The third kappa shape index (κ3) is 4.80. The fraction of sp³-hybridized carbons (Fsp3) is 0.562. The zero-order valence-corrected chi connectivity index (χ0v) is 12.7. The number of rotatable bonds is 5. The van der Waals surface area contributed by atoms with Gasteiger partial charge in [0.1, 0.15) is 0 Å². The van der Waals surface area contributed by atoms with Crippen LogP contribution in [0.1, 0.15) is 43.0 Å². The molecule has 1 aromatic rings. The minimum Gasteiger partial charge on any atom is -0.351 e. The Morgan fingerprint density at radius 3 is 2.70 bits per heavy atom. The molecule has 20 heavy (non-hydrogen) atoms. The predicted octanol–water partition coefficient (Wildman–Crippen LogP) is 3.24. The molecule has 0 unspecified atom stereocenters. The molecule has 110 valence electrons. The summed E-state index contributed by atoms with van der Waals surface area (Å²) in [6.45, 7) is 3.80. The van der Waals surface area contributed by atoms with Gasteiger partial charge in [0.05, 0.1) is 0 Å². The van der Waals surface area contributed by atoms with E-state index in [0.717, 1.165) is 12.5 Å². The minimum atomic E-state index is -0.0412. The zero-order valence-electron chi connectivity index (χ0n) is 12.0. The Kier molecular flexibility index (Phi) is 5.86. The number of hydrogen-bond donors (Lipinski definition) is 2. The average Bonchev–Trinajstić information content (AvgIpc) is 2.44. The first-order chi connectivity index (χ1) is 9.65. The molecule has 0 heterocycles. The summed E-state index contributed by atoms with van der Waals surface area (Å²) in [5.74, 6) is 0.783. The van der Waals surface area contributed by atoms with E-state index in [9.17, 15) is 4.79 Å². The molecule has 1 aliphatic carbocycles. The van der Waals surface area contributed by atoms with Crippen LogP contribution in [0.15, 0.2) is 24.3 Å². The Bertz CT molecular complexity index is 433. The van der Waals surface area contributed by atoms with Crippen molar-refractivity contribution >= 4 is 17.5 Å². The van der Waals surface area contributed by atoms with Gasteiger partial charge >= 0.3 is 0 Å². The number of hydrogen-bond acceptors (Lipinski definition) is 2. The summed E-state index contributed by atoms with van der Waals surface area (Å²) in [6.07, 6.45) is 5.18. The van der Waals surface area contributed by atoms with Crippen LogP contribution in [-0.2, 0) is 0 Å². The smallest absolute Gasteiger partial charge is 0.251 e. The number of nitrogens with one attached hydrogen (secondary N) is 2. The van der Waals surface area contributed by atoms with Crippen molar-refractivity contribution in [3.63, 3.8) is 0 Å². The van der Waals surface area contributed by atoms with E-state index in [-0.39, 0.29) is 5.91 Å². The summed E-state index contributed by atoms with van der Waals surface area (Å²) in [5, 5.41) is 7.10. The first-order valence-corrected chi connectivity index (χ1v) is 7.80. The second-order valence-electron chi connectivity index (χ2n) is 5.69. The van der Waals surface area contributed by atoms with Gasteiger partial charge in [0.2, 0.25) is 0 Å². The van der Waals surface area contributed by atoms with Gasteiger partial charge in [0, 0.05) is 29.7 Å². The predicted molar refractivity (Wildman–Crippen MR) is 83.2 cm³/mol. The highest BCUT2D eigenvalue weighted by molar-refractivity contribution is 6.30. The maximum atomic E-state index is 11.9. The van der Waals surface area contributed by atoms with E-state index in [1.54, 1.807) is 24.3 Å². The lowest BCUT2D eigenvalue weighted by molar-refractivity contribution is 0.0953. The van der Waals surface area contributed by atoms with Crippen LogP contribution in [0.5, 0.6) is 0 Å². The van der Waals surface area contributed by atoms with E-state index in [4.69, 9.17) is 11.6 Å². The summed E-state index contributed by atoms with van der Waals surface area (Å²) in [4.78, 5) is 11.9. The summed E-state index contributed by atoms with van der Waals surface area (Å²) in [7, 11) is 0. The standard InChI is InChI=1S/C16H23ClN2O/c1-12-3-2-4-15(11-12)18-9-10-19-16(20)13-5-7-14(17)8-6-13/h5-8,12,15,18H,2-4,9-11H2,1H3,(H,19,20)/t12-,15-/m1/s1. The SMILES string of the molecule is C[C@@H]1CCC[C@@H](NCCNC(=O)c2ccc(Cl)cc2)C1. The largest absolute Gasteiger partial charge is 0.351 e. The van der Waals surface area contributed by atoms with Gasteiger partial charge in [0.15, 0.2) is 0 Å². The van der Waals surface area contributed by atoms with Crippen LogP contribution >= 0.6 is 11.6 Å². The van der Waals surface area contributed by atoms with Crippen molar-refractivity contribution in [2.75, 3.05) is 13.1 Å². The van der Waals surface area contributed by atoms with Crippen LogP contribution in [0, 0.1) is 5.92 Å². The number of carbonyl (C=O) groups is 1. The third-order valence-corrected chi connectivity index (χ3v) is 4.14. The van der Waals surface area contributed by atoms with Crippen LogP contribution in [0.4, 0.5) is 0 Å². The van der Waals surface area contributed by atoms with Gasteiger partial charge in [-0.05, 0) is 43.0 Å². The van der Waals surface area contributed by atoms with E-state index in [1.807, 2.05) is 0 Å². The topological polar surface area (TPSA) is 41.1 Å². The third-order valence-electron chi connectivity index (χ3n) is 3.89. The molecule has 1 saturated carbocycles. The Labute approximate surface area is 126 Å². The van der Waals surface area contributed by atoms with Gasteiger partial charge in [-0.1, -0.05) is 31.4 Å². The van der Waals surface area contributed by atoms with Crippen molar-refractivity contribution in [1.82, 2.24) is 10.6 Å². The lowest BCUT2D eigenvalue weighted by atomic mass is 9.87. The molecule has 1 fully saturated rings. The maximum absolute atomic E-state index is 11.9. The second kappa shape index (κ2) is 7.65. The minimum absolute atomic E-state index is 0.0412. The summed E-state index contributed by atoms with van der Waals surface area (Å²) in [5.41, 5.74) is 0.653. The van der Waals surface area contributed by atoms with Crippen molar-refractivity contribution in [1.29, 1.82) is 0 Å². The zero-order chi connectivity index (χ0) is 14.4. The summed E-state index contributed by atoms with van der Waals surface area (Å²) >= 11 is 5.80. The lowest BCUT2D eigenvalue weighted by Crippen LogP contribution is -2.39. The molecule has 1 amide bonds. The van der Waals surface area contributed by atoms with Gasteiger partial charge < -0.3 is 10.6 Å². The van der Waals surface area contributed by atoms with Gasteiger partial charge in [-0.25, -0.2) is 0 Å². The Morgan fingerprint density at radius 2 is 2.00 bits per heavy atom. The van der Waals surface area contributed by atoms with Crippen LogP contribution in [-0.4, -0.2) is 25.0 Å². The highest BCUT2D eigenvalue weighted by Gasteiger charge is 2.17. The molecule has 0 aliphatic heterocycles. The first kappa shape index (κ1) is 15.3. The van der Waals surface area contributed by atoms with Gasteiger partial charge in [-0.15, -0.1) is 0 Å². The first-order valence-electron chi connectivity index (χ1n) is 7.42. The van der Waals surface area contributed by atoms with Crippen molar-refractivity contribution in [3.8, 4) is 0 Å². The van der Waals surface area contributed by atoms with E-state index < -0.39 is 0 Å². The van der Waals surface area contributed by atoms with Crippen LogP contribution in [0.3, 0.4) is 0 Å². The number of benzene rings is 1.